The number of alkyl halides is 5. The lowest BCUT2D eigenvalue weighted by Gasteiger charge is -2.44. The molecule has 0 spiro atoms. The number of nitrogens with zero attached hydrogens (tertiary/aromatic N) is 3. The van der Waals surface area contributed by atoms with Gasteiger partial charge in [-0.1, -0.05) is 6.92 Å². The first-order valence-corrected chi connectivity index (χ1v) is 11.7. The van der Waals surface area contributed by atoms with E-state index in [0.717, 1.165) is 10.7 Å². The summed E-state index contributed by atoms with van der Waals surface area (Å²) in [5.74, 6) is -4.74. The van der Waals surface area contributed by atoms with Crippen molar-refractivity contribution in [3.8, 4) is 0 Å². The summed E-state index contributed by atoms with van der Waals surface area (Å²) < 4.78 is 92.9. The first-order valence-electron chi connectivity index (χ1n) is 10.1. The molecule has 2 aliphatic rings. The van der Waals surface area contributed by atoms with E-state index in [-0.39, 0.29) is 22.7 Å². The van der Waals surface area contributed by atoms with E-state index in [4.69, 9.17) is 5.14 Å². The smallest absolute Gasteiger partial charge is 0.420 e. The highest BCUT2D eigenvalue weighted by molar-refractivity contribution is 7.89. The van der Waals surface area contributed by atoms with E-state index in [2.05, 4.69) is 10.4 Å². The lowest BCUT2D eigenvalue weighted by atomic mass is 9.67. The van der Waals surface area contributed by atoms with E-state index >= 15 is 0 Å². The van der Waals surface area contributed by atoms with Crippen LogP contribution in [-0.4, -0.2) is 30.0 Å². The number of sulfonamides is 1. The molecule has 3 N–H and O–H groups in total. The Labute approximate surface area is 190 Å². The lowest BCUT2D eigenvalue weighted by Crippen LogP contribution is -2.47. The van der Waals surface area contributed by atoms with Crippen LogP contribution >= 0.6 is 0 Å². The summed E-state index contributed by atoms with van der Waals surface area (Å²) in [7, 11) is -4.50. The zero-order valence-electron chi connectivity index (χ0n) is 17.7. The Morgan fingerprint density at radius 1 is 1.35 bits per heavy atom. The highest BCUT2D eigenvalue weighted by Gasteiger charge is 2.55. The average molecular weight is 509 g/mol. The van der Waals surface area contributed by atoms with E-state index in [1.54, 1.807) is 0 Å². The van der Waals surface area contributed by atoms with Gasteiger partial charge < -0.3 is 10.5 Å². The molecule has 1 amide bonds. The molecule has 2 aromatic heterocycles. The number of halogens is 5. The molecule has 0 radical (unpaired) electrons. The minimum atomic E-state index is -4.96. The van der Waals surface area contributed by atoms with Gasteiger partial charge in [-0.05, 0) is 18.3 Å². The predicted octanol–water partition coefficient (Wildman–Crippen LogP) is 2.75. The van der Waals surface area contributed by atoms with Crippen LogP contribution in [0.25, 0.3) is 0 Å². The molecule has 2 aromatic rings. The van der Waals surface area contributed by atoms with Crippen molar-refractivity contribution >= 4 is 21.6 Å². The van der Waals surface area contributed by atoms with Crippen molar-refractivity contribution < 1.29 is 39.9 Å². The van der Waals surface area contributed by atoms with Gasteiger partial charge in [0.1, 0.15) is 11.3 Å². The fourth-order valence-electron chi connectivity index (χ4n) is 4.36. The van der Waals surface area contributed by atoms with Gasteiger partial charge in [0.25, 0.3) is 15.9 Å². The summed E-state index contributed by atoms with van der Waals surface area (Å²) in [5, 5.41) is 21.8. The summed E-state index contributed by atoms with van der Waals surface area (Å²) in [4.78, 5) is 13.0. The fraction of sp³-hybridized carbons (Fsp3) is 0.526. The third kappa shape index (κ3) is 4.71. The van der Waals surface area contributed by atoms with Gasteiger partial charge in [0, 0.05) is 37.4 Å². The van der Waals surface area contributed by atoms with Gasteiger partial charge in [0.05, 0.1) is 11.4 Å². The van der Waals surface area contributed by atoms with E-state index in [9.17, 15) is 40.4 Å². The molecule has 0 atom stereocenters. The largest absolute Gasteiger partial charge is 0.618 e. The maximum absolute atomic E-state index is 14.0. The predicted molar refractivity (Wildman–Crippen MR) is 106 cm³/mol. The molecule has 0 aromatic carbocycles. The van der Waals surface area contributed by atoms with E-state index in [1.165, 1.54) is 6.92 Å². The van der Waals surface area contributed by atoms with Gasteiger partial charge in [-0.25, -0.2) is 22.3 Å². The number of nitrogens with one attached hydrogen (secondary N) is 1. The van der Waals surface area contributed by atoms with Crippen molar-refractivity contribution in [1.29, 1.82) is 0 Å². The van der Waals surface area contributed by atoms with Gasteiger partial charge in [-0.15, -0.1) is 0 Å². The Kier molecular flexibility index (Phi) is 5.43. The Balaban J connectivity index is 1.76. The van der Waals surface area contributed by atoms with Crippen molar-refractivity contribution in [3.63, 3.8) is 0 Å². The minimum absolute atomic E-state index is 0.0841. The van der Waals surface area contributed by atoms with Gasteiger partial charge in [0.15, 0.2) is 6.20 Å². The molecule has 15 heteroatoms. The molecule has 186 valence electrons. The van der Waals surface area contributed by atoms with E-state index in [0.29, 0.717) is 25.1 Å². The summed E-state index contributed by atoms with van der Waals surface area (Å²) in [6, 6.07) is 1.67. The van der Waals surface area contributed by atoms with Crippen LogP contribution < -0.4 is 15.2 Å². The second-order valence-corrected chi connectivity index (χ2v) is 10.6. The third-order valence-corrected chi connectivity index (χ3v) is 6.66. The number of nitrogens with two attached hydrogens (primary N) is 1. The van der Waals surface area contributed by atoms with Crippen LogP contribution in [-0.2, 0) is 22.7 Å². The molecule has 34 heavy (non-hydrogen) atoms. The molecular weight excluding hydrogens is 489 g/mol. The average Bonchev–Trinajstić information content (AvgIpc) is 3.41. The number of hydrogen-bond donors (Lipinski definition) is 2. The van der Waals surface area contributed by atoms with Crippen LogP contribution in [0.2, 0.25) is 0 Å². The molecule has 0 unspecified atom stereocenters. The molecule has 9 nitrogen and oxygen atoms in total. The Bertz CT molecular complexity index is 1260. The van der Waals surface area contributed by atoms with Crippen LogP contribution in [0.3, 0.4) is 0 Å². The SMILES string of the molecule is CC1(Cn2nc(C3CC3)c(C(F)(F)F)c2C(=O)Nc2cc[n+]([O-])c(S(N)(=O)=O)c2)CC(F)(F)C1. The standard InChI is InChI=1S/C19H20F5N5O4S/c1-17(7-18(20,21)8-17)9-28-15(13(19(22,23)24)14(27-28)10-2-3-10)16(30)26-11-4-5-29(31)12(6-11)34(25,32)33/h4-6,10H,2-3,7-9H2,1H3,(H,26,30)(H2,25,32,33). The molecule has 0 saturated heterocycles. The monoisotopic (exact) mass is 509 g/mol. The van der Waals surface area contributed by atoms with Gasteiger partial charge >= 0.3 is 11.2 Å². The van der Waals surface area contributed by atoms with Crippen molar-refractivity contribution in [1.82, 2.24) is 9.78 Å². The van der Waals surface area contributed by atoms with Crippen LogP contribution in [0.15, 0.2) is 23.4 Å². The maximum atomic E-state index is 14.0. The molecule has 0 bridgehead atoms. The highest BCUT2D eigenvalue weighted by Crippen LogP contribution is 2.53. The first kappa shape index (κ1) is 24.3. The van der Waals surface area contributed by atoms with Gasteiger partial charge in [-0.3, -0.25) is 9.48 Å². The normalized spacial score (nSPS) is 19.5. The Morgan fingerprint density at radius 2 is 1.97 bits per heavy atom. The minimum Gasteiger partial charge on any atom is -0.618 e. The quantitative estimate of drug-likeness (QED) is 0.351. The summed E-state index contributed by atoms with van der Waals surface area (Å²) in [6.45, 7) is 1.12. The number of pyridine rings is 1. The number of hydrogen-bond acceptors (Lipinski definition) is 5. The Morgan fingerprint density at radius 3 is 2.47 bits per heavy atom. The van der Waals surface area contributed by atoms with Gasteiger partial charge in [-0.2, -0.15) is 23.0 Å². The Hall–Kier alpha value is -2.81. The zero-order valence-corrected chi connectivity index (χ0v) is 18.5. The number of amides is 1. The second-order valence-electron chi connectivity index (χ2n) is 9.14. The lowest BCUT2D eigenvalue weighted by molar-refractivity contribution is -0.646. The van der Waals surface area contributed by atoms with Crippen molar-refractivity contribution in [3.05, 3.63) is 40.5 Å². The molecule has 2 heterocycles. The molecule has 0 aliphatic heterocycles. The van der Waals surface area contributed by atoms with E-state index < -0.39 is 68.5 Å². The molecule has 2 fully saturated rings. The topological polar surface area (TPSA) is 134 Å². The van der Waals surface area contributed by atoms with Crippen LogP contribution in [0.4, 0.5) is 27.6 Å². The van der Waals surface area contributed by atoms with Crippen LogP contribution in [0, 0.1) is 10.6 Å². The summed E-state index contributed by atoms with van der Waals surface area (Å²) in [6.07, 6.45) is -4.51. The summed E-state index contributed by atoms with van der Waals surface area (Å²) >= 11 is 0. The fourth-order valence-corrected chi connectivity index (χ4v) is 4.96. The van der Waals surface area contributed by atoms with Gasteiger partial charge in [0.2, 0.25) is 5.92 Å². The molecule has 4 rings (SSSR count). The third-order valence-electron chi connectivity index (χ3n) is 5.78. The number of aromatic nitrogens is 3. The number of carbonyl (C=O) groups excluding carboxylic acids is 1. The number of carbonyl (C=O) groups is 1. The van der Waals surface area contributed by atoms with Crippen LogP contribution in [0.1, 0.15) is 60.3 Å². The second kappa shape index (κ2) is 7.60. The summed E-state index contributed by atoms with van der Waals surface area (Å²) in [5.41, 5.74) is -3.85. The zero-order chi connectivity index (χ0) is 25.3. The highest BCUT2D eigenvalue weighted by atomic mass is 32.2. The maximum Gasteiger partial charge on any atom is 0.420 e. The molecule has 2 aliphatic carbocycles. The number of primary sulfonamides is 1. The van der Waals surface area contributed by atoms with Crippen LogP contribution in [0.5, 0.6) is 0 Å². The molecule has 2 saturated carbocycles. The van der Waals surface area contributed by atoms with Crippen molar-refractivity contribution in [2.45, 2.75) is 62.2 Å². The van der Waals surface area contributed by atoms with Crippen molar-refractivity contribution in [2.75, 3.05) is 5.32 Å². The van der Waals surface area contributed by atoms with E-state index in [1.807, 2.05) is 0 Å². The number of anilines is 1. The first-order chi connectivity index (χ1) is 15.5. The number of rotatable bonds is 6. The molecular formula is C19H20F5N5O4S. The van der Waals surface area contributed by atoms with Crippen molar-refractivity contribution in [2.24, 2.45) is 10.6 Å².